The molecule has 0 aromatic heterocycles. The van der Waals surface area contributed by atoms with E-state index in [4.69, 9.17) is 9.84 Å². The standard InChI is InChI=1S/C17H18O4/c18-16-8-6-14(7-9-17(19)20)15(10-16)12-21-11-13-4-2-1-3-5-13/h1-6,8,10,18H,7,9,11-12H2,(H,19,20). The fraction of sp³-hybridized carbons (Fsp3) is 0.235. The Bertz CT molecular complexity index is 593. The van der Waals surface area contributed by atoms with Crippen LogP contribution >= 0.6 is 0 Å². The first-order valence-electron chi connectivity index (χ1n) is 6.79. The van der Waals surface area contributed by atoms with Gasteiger partial charge in [0.1, 0.15) is 5.75 Å². The number of phenols is 1. The number of benzene rings is 2. The quantitative estimate of drug-likeness (QED) is 0.820. The van der Waals surface area contributed by atoms with Crippen molar-refractivity contribution in [2.75, 3.05) is 0 Å². The van der Waals surface area contributed by atoms with Gasteiger partial charge in [-0.05, 0) is 35.2 Å². The van der Waals surface area contributed by atoms with E-state index in [0.29, 0.717) is 19.6 Å². The first-order chi connectivity index (χ1) is 10.1. The van der Waals surface area contributed by atoms with E-state index in [0.717, 1.165) is 16.7 Å². The summed E-state index contributed by atoms with van der Waals surface area (Å²) in [4.78, 5) is 10.7. The maximum absolute atomic E-state index is 10.7. The molecule has 2 aromatic carbocycles. The molecular formula is C17H18O4. The van der Waals surface area contributed by atoms with Crippen LogP contribution in [-0.2, 0) is 29.2 Å². The molecule has 110 valence electrons. The fourth-order valence-corrected chi connectivity index (χ4v) is 2.09. The van der Waals surface area contributed by atoms with Crippen molar-refractivity contribution in [1.82, 2.24) is 0 Å². The van der Waals surface area contributed by atoms with E-state index < -0.39 is 5.97 Å². The lowest BCUT2D eigenvalue weighted by molar-refractivity contribution is -0.136. The Kier molecular flexibility index (Phi) is 5.35. The number of ether oxygens (including phenoxy) is 1. The molecule has 0 saturated carbocycles. The zero-order valence-electron chi connectivity index (χ0n) is 11.7. The molecule has 0 unspecified atom stereocenters. The molecule has 4 nitrogen and oxygen atoms in total. The molecular weight excluding hydrogens is 268 g/mol. The number of carboxylic acids is 1. The van der Waals surface area contributed by atoms with Crippen LogP contribution in [-0.4, -0.2) is 16.2 Å². The predicted molar refractivity (Wildman–Crippen MR) is 79.0 cm³/mol. The Balaban J connectivity index is 1.97. The second kappa shape index (κ2) is 7.45. The van der Waals surface area contributed by atoms with Gasteiger partial charge >= 0.3 is 5.97 Å². The zero-order chi connectivity index (χ0) is 15.1. The number of phenolic OH excluding ortho intramolecular Hbond substituents is 1. The summed E-state index contributed by atoms with van der Waals surface area (Å²) in [7, 11) is 0. The second-order valence-electron chi connectivity index (χ2n) is 4.83. The van der Waals surface area contributed by atoms with E-state index in [2.05, 4.69) is 0 Å². The van der Waals surface area contributed by atoms with Crippen molar-refractivity contribution in [2.45, 2.75) is 26.1 Å². The molecule has 4 heteroatoms. The third-order valence-corrected chi connectivity index (χ3v) is 3.17. The van der Waals surface area contributed by atoms with Gasteiger partial charge in [-0.3, -0.25) is 4.79 Å². The molecule has 0 atom stereocenters. The summed E-state index contributed by atoms with van der Waals surface area (Å²) in [6, 6.07) is 14.8. The van der Waals surface area contributed by atoms with Crippen LogP contribution in [0.4, 0.5) is 0 Å². The Labute approximate surface area is 123 Å². The lowest BCUT2D eigenvalue weighted by Gasteiger charge is -2.10. The van der Waals surface area contributed by atoms with Gasteiger partial charge in [0.2, 0.25) is 0 Å². The van der Waals surface area contributed by atoms with Crippen molar-refractivity contribution >= 4 is 5.97 Å². The summed E-state index contributed by atoms with van der Waals surface area (Å²) < 4.78 is 5.65. The van der Waals surface area contributed by atoms with Crippen LogP contribution in [0.25, 0.3) is 0 Å². The van der Waals surface area contributed by atoms with E-state index >= 15 is 0 Å². The van der Waals surface area contributed by atoms with Crippen LogP contribution in [0, 0.1) is 0 Å². The zero-order valence-corrected chi connectivity index (χ0v) is 11.7. The summed E-state index contributed by atoms with van der Waals surface area (Å²) in [5.41, 5.74) is 2.79. The average molecular weight is 286 g/mol. The lowest BCUT2D eigenvalue weighted by Crippen LogP contribution is -2.02. The second-order valence-corrected chi connectivity index (χ2v) is 4.83. The fourth-order valence-electron chi connectivity index (χ4n) is 2.09. The first kappa shape index (κ1) is 15.1. The number of aryl methyl sites for hydroxylation is 1. The Morgan fingerprint density at radius 3 is 2.48 bits per heavy atom. The molecule has 0 aliphatic carbocycles. The number of aromatic hydroxyl groups is 1. The smallest absolute Gasteiger partial charge is 0.303 e. The van der Waals surface area contributed by atoms with Crippen LogP contribution in [0.2, 0.25) is 0 Å². The van der Waals surface area contributed by atoms with Gasteiger partial charge in [0.15, 0.2) is 0 Å². The van der Waals surface area contributed by atoms with Gasteiger partial charge in [0.05, 0.1) is 13.2 Å². The summed E-state index contributed by atoms with van der Waals surface area (Å²) >= 11 is 0. The van der Waals surface area contributed by atoms with Crippen molar-refractivity contribution in [3.8, 4) is 5.75 Å². The minimum atomic E-state index is -0.834. The van der Waals surface area contributed by atoms with Crippen molar-refractivity contribution in [2.24, 2.45) is 0 Å². The first-order valence-corrected chi connectivity index (χ1v) is 6.79. The highest BCUT2D eigenvalue weighted by Gasteiger charge is 2.07. The average Bonchev–Trinajstić information content (AvgIpc) is 2.47. The number of aliphatic carboxylic acids is 1. The maximum Gasteiger partial charge on any atom is 0.303 e. The molecule has 2 aromatic rings. The Morgan fingerprint density at radius 2 is 1.76 bits per heavy atom. The number of carboxylic acid groups (broad SMARTS) is 1. The largest absolute Gasteiger partial charge is 0.508 e. The normalized spacial score (nSPS) is 10.5. The van der Waals surface area contributed by atoms with Gasteiger partial charge < -0.3 is 14.9 Å². The molecule has 21 heavy (non-hydrogen) atoms. The topological polar surface area (TPSA) is 66.8 Å². The summed E-state index contributed by atoms with van der Waals surface area (Å²) in [6.45, 7) is 0.827. The van der Waals surface area contributed by atoms with Gasteiger partial charge in [-0.1, -0.05) is 36.4 Å². The molecule has 0 heterocycles. The van der Waals surface area contributed by atoms with Crippen LogP contribution in [0.5, 0.6) is 5.75 Å². The highest BCUT2D eigenvalue weighted by Crippen LogP contribution is 2.19. The van der Waals surface area contributed by atoms with Crippen LogP contribution in [0.1, 0.15) is 23.1 Å². The van der Waals surface area contributed by atoms with Gasteiger partial charge in [0.25, 0.3) is 0 Å². The van der Waals surface area contributed by atoms with E-state index in [1.165, 1.54) is 0 Å². The number of hydrogen-bond donors (Lipinski definition) is 2. The Hall–Kier alpha value is -2.33. The molecule has 0 bridgehead atoms. The van der Waals surface area contributed by atoms with Crippen molar-refractivity contribution < 1.29 is 19.7 Å². The van der Waals surface area contributed by atoms with E-state index in [-0.39, 0.29) is 12.2 Å². The number of rotatable bonds is 7. The van der Waals surface area contributed by atoms with Crippen molar-refractivity contribution in [1.29, 1.82) is 0 Å². The molecule has 0 spiro atoms. The molecule has 0 radical (unpaired) electrons. The van der Waals surface area contributed by atoms with E-state index in [1.807, 2.05) is 30.3 Å². The maximum atomic E-state index is 10.7. The highest BCUT2D eigenvalue weighted by atomic mass is 16.5. The molecule has 0 fully saturated rings. The number of carbonyl (C=O) groups is 1. The van der Waals surface area contributed by atoms with Gasteiger partial charge in [-0.15, -0.1) is 0 Å². The predicted octanol–water partition coefficient (Wildman–Crippen LogP) is 3.13. The molecule has 0 aliphatic rings. The highest BCUT2D eigenvalue weighted by molar-refractivity contribution is 5.67. The lowest BCUT2D eigenvalue weighted by atomic mass is 10.0. The molecule has 0 saturated heterocycles. The van der Waals surface area contributed by atoms with Gasteiger partial charge in [-0.2, -0.15) is 0 Å². The van der Waals surface area contributed by atoms with Crippen LogP contribution in [0.15, 0.2) is 48.5 Å². The minimum absolute atomic E-state index is 0.0659. The summed E-state index contributed by atoms with van der Waals surface area (Å²) in [5, 5.41) is 18.3. The molecule has 0 aliphatic heterocycles. The van der Waals surface area contributed by atoms with Gasteiger partial charge in [0, 0.05) is 6.42 Å². The van der Waals surface area contributed by atoms with E-state index in [1.54, 1.807) is 18.2 Å². The number of hydrogen-bond acceptors (Lipinski definition) is 3. The third-order valence-electron chi connectivity index (χ3n) is 3.17. The molecule has 0 amide bonds. The van der Waals surface area contributed by atoms with E-state index in [9.17, 15) is 9.90 Å². The molecule has 2 N–H and O–H groups in total. The van der Waals surface area contributed by atoms with Crippen molar-refractivity contribution in [3.63, 3.8) is 0 Å². The monoisotopic (exact) mass is 286 g/mol. The van der Waals surface area contributed by atoms with Crippen LogP contribution in [0.3, 0.4) is 0 Å². The van der Waals surface area contributed by atoms with Crippen molar-refractivity contribution in [3.05, 3.63) is 65.2 Å². The SMILES string of the molecule is O=C(O)CCc1ccc(O)cc1COCc1ccccc1. The summed E-state index contributed by atoms with van der Waals surface area (Å²) in [5.74, 6) is -0.674. The summed E-state index contributed by atoms with van der Waals surface area (Å²) in [6.07, 6.45) is 0.496. The molecule has 2 rings (SSSR count). The third kappa shape index (κ3) is 4.93. The minimum Gasteiger partial charge on any atom is -0.508 e. The van der Waals surface area contributed by atoms with Gasteiger partial charge in [-0.25, -0.2) is 0 Å². The van der Waals surface area contributed by atoms with Crippen LogP contribution < -0.4 is 0 Å². The Morgan fingerprint density at radius 1 is 1.00 bits per heavy atom.